The van der Waals surface area contributed by atoms with Gasteiger partial charge >= 0.3 is 0 Å². The quantitative estimate of drug-likeness (QED) is 0.662. The smallest absolute Gasteiger partial charge is 0.225 e. The van der Waals surface area contributed by atoms with Gasteiger partial charge in [0.15, 0.2) is 0 Å². The predicted molar refractivity (Wildman–Crippen MR) is 115 cm³/mol. The van der Waals surface area contributed by atoms with E-state index >= 15 is 0 Å². The summed E-state index contributed by atoms with van der Waals surface area (Å²) in [4.78, 5) is 12.6. The summed E-state index contributed by atoms with van der Waals surface area (Å²) in [6.45, 7) is 6.29. The molecule has 3 rings (SSSR count). The lowest BCUT2D eigenvalue weighted by Crippen LogP contribution is -2.35. The van der Waals surface area contributed by atoms with Gasteiger partial charge in [0.2, 0.25) is 5.91 Å². The third-order valence-corrected chi connectivity index (χ3v) is 4.82. The topological polar surface area (TPSA) is 72.9 Å². The first-order valence-corrected chi connectivity index (χ1v) is 9.17. The Morgan fingerprint density at radius 3 is 2.39 bits per heavy atom. The number of nitrogens with zero attached hydrogens (tertiary/aromatic N) is 2. The lowest BCUT2D eigenvalue weighted by molar-refractivity contribution is -0.125. The fourth-order valence-electron chi connectivity index (χ4n) is 3.21. The van der Waals surface area contributed by atoms with Crippen LogP contribution in [-0.4, -0.2) is 15.7 Å². The third kappa shape index (κ3) is 4.80. The van der Waals surface area contributed by atoms with Crippen molar-refractivity contribution in [1.29, 1.82) is 0 Å². The van der Waals surface area contributed by atoms with Crippen molar-refractivity contribution < 1.29 is 4.79 Å². The molecule has 0 fully saturated rings. The zero-order valence-corrected chi connectivity index (χ0v) is 17.2. The lowest BCUT2D eigenvalue weighted by atomic mass is 9.94. The maximum absolute atomic E-state index is 12.6. The van der Waals surface area contributed by atoms with Crippen LogP contribution in [0.1, 0.15) is 35.5 Å². The molecule has 0 radical (unpaired) electrons. The monoisotopic (exact) mass is 398 g/mol. The first-order chi connectivity index (χ1) is 13.0. The van der Waals surface area contributed by atoms with E-state index in [4.69, 9.17) is 5.73 Å². The van der Waals surface area contributed by atoms with E-state index in [0.717, 1.165) is 28.2 Å². The summed E-state index contributed by atoms with van der Waals surface area (Å²) in [5.74, 6) is -0.386. The number of hydrogen-bond acceptors (Lipinski definition) is 3. The number of carbonyl (C=O) groups is 1. The van der Waals surface area contributed by atoms with Crippen molar-refractivity contribution in [3.8, 4) is 5.69 Å². The summed E-state index contributed by atoms with van der Waals surface area (Å²) in [6, 6.07) is 19.4. The number of aryl methyl sites for hydroxylation is 2. The van der Waals surface area contributed by atoms with E-state index in [1.807, 2.05) is 86.1 Å². The molecule has 0 spiro atoms. The second-order valence-electron chi connectivity index (χ2n) is 6.91. The Kier molecular flexibility index (Phi) is 7.38. The number of amides is 1. The molecule has 148 valence electrons. The SMILES string of the molecule is Cc1cc(C)n(-c2ccccc2CNC(=O)C(C)C(N)c2ccccc2)n1.Cl. The van der Waals surface area contributed by atoms with Crippen molar-refractivity contribution in [3.63, 3.8) is 0 Å². The Bertz CT molecular complexity index is 923. The number of nitrogens with one attached hydrogen (secondary N) is 1. The maximum Gasteiger partial charge on any atom is 0.225 e. The number of halogens is 1. The normalized spacial score (nSPS) is 12.7. The van der Waals surface area contributed by atoms with E-state index in [-0.39, 0.29) is 30.3 Å². The largest absolute Gasteiger partial charge is 0.352 e. The van der Waals surface area contributed by atoms with Crippen molar-refractivity contribution in [2.24, 2.45) is 11.7 Å². The van der Waals surface area contributed by atoms with Gasteiger partial charge in [-0.3, -0.25) is 4.79 Å². The minimum absolute atomic E-state index is 0. The molecule has 5 nitrogen and oxygen atoms in total. The summed E-state index contributed by atoms with van der Waals surface area (Å²) in [7, 11) is 0. The molecule has 3 N–H and O–H groups in total. The molecule has 1 amide bonds. The van der Waals surface area contributed by atoms with Crippen LogP contribution in [0.5, 0.6) is 0 Å². The summed E-state index contributed by atoms with van der Waals surface area (Å²) in [6.07, 6.45) is 0. The maximum atomic E-state index is 12.6. The highest BCUT2D eigenvalue weighted by Gasteiger charge is 2.22. The molecule has 6 heteroatoms. The molecule has 0 aliphatic heterocycles. The Morgan fingerprint density at radius 2 is 1.75 bits per heavy atom. The first kappa shape index (κ1) is 21.7. The van der Waals surface area contributed by atoms with Crippen molar-refractivity contribution in [2.75, 3.05) is 0 Å². The fourth-order valence-corrected chi connectivity index (χ4v) is 3.21. The summed E-state index contributed by atoms with van der Waals surface area (Å²) >= 11 is 0. The number of nitrogens with two attached hydrogens (primary N) is 1. The molecule has 2 atom stereocenters. The molecule has 28 heavy (non-hydrogen) atoms. The number of benzene rings is 2. The Morgan fingerprint density at radius 1 is 1.11 bits per heavy atom. The second kappa shape index (κ2) is 9.53. The summed E-state index contributed by atoms with van der Waals surface area (Å²) in [5.41, 5.74) is 11.3. The van der Waals surface area contributed by atoms with Gasteiger partial charge in [-0.1, -0.05) is 55.5 Å². The minimum atomic E-state index is -0.336. The van der Waals surface area contributed by atoms with Crippen molar-refractivity contribution >= 4 is 18.3 Å². The molecule has 0 bridgehead atoms. The fraction of sp³-hybridized carbons (Fsp3) is 0.273. The van der Waals surface area contributed by atoms with Gasteiger partial charge in [0.05, 0.1) is 17.3 Å². The number of para-hydroxylation sites is 1. The highest BCUT2D eigenvalue weighted by atomic mass is 35.5. The van der Waals surface area contributed by atoms with Crippen LogP contribution in [0.15, 0.2) is 60.7 Å². The van der Waals surface area contributed by atoms with Crippen LogP contribution in [-0.2, 0) is 11.3 Å². The highest BCUT2D eigenvalue weighted by molar-refractivity contribution is 5.85. The summed E-state index contributed by atoms with van der Waals surface area (Å²) in [5, 5.41) is 7.58. The van der Waals surface area contributed by atoms with Crippen LogP contribution in [0.3, 0.4) is 0 Å². The van der Waals surface area contributed by atoms with Crippen LogP contribution < -0.4 is 11.1 Å². The van der Waals surface area contributed by atoms with E-state index in [0.29, 0.717) is 6.54 Å². The van der Waals surface area contributed by atoms with Crippen LogP contribution >= 0.6 is 12.4 Å². The van der Waals surface area contributed by atoms with Crippen LogP contribution in [0, 0.1) is 19.8 Å². The van der Waals surface area contributed by atoms with Gasteiger partial charge in [-0.15, -0.1) is 12.4 Å². The van der Waals surface area contributed by atoms with E-state index < -0.39 is 0 Å². The molecule has 1 heterocycles. The van der Waals surface area contributed by atoms with Crippen molar-refractivity contribution in [1.82, 2.24) is 15.1 Å². The van der Waals surface area contributed by atoms with E-state index in [2.05, 4.69) is 10.4 Å². The zero-order chi connectivity index (χ0) is 19.4. The van der Waals surface area contributed by atoms with E-state index in [9.17, 15) is 4.79 Å². The molecule has 0 saturated heterocycles. The number of rotatable bonds is 6. The Balaban J connectivity index is 0.00000280. The Labute approximate surface area is 172 Å². The molecule has 1 aromatic heterocycles. The number of carbonyl (C=O) groups excluding carboxylic acids is 1. The minimum Gasteiger partial charge on any atom is -0.352 e. The van der Waals surface area contributed by atoms with Gasteiger partial charge < -0.3 is 11.1 Å². The van der Waals surface area contributed by atoms with Crippen molar-refractivity contribution in [3.05, 3.63) is 83.2 Å². The number of aromatic nitrogens is 2. The molecular formula is C22H27ClN4O. The lowest BCUT2D eigenvalue weighted by Gasteiger charge is -2.20. The molecular weight excluding hydrogens is 372 g/mol. The van der Waals surface area contributed by atoms with Gasteiger partial charge in [-0.05, 0) is 37.1 Å². The standard InChI is InChI=1S/C22H26N4O.ClH/c1-15-13-16(2)26(25-15)20-12-8-7-11-19(20)14-24-22(27)17(3)21(23)18-9-5-4-6-10-18;/h4-13,17,21H,14,23H2,1-3H3,(H,24,27);1H. The van der Waals surface area contributed by atoms with Crippen LogP contribution in [0.2, 0.25) is 0 Å². The van der Waals surface area contributed by atoms with Gasteiger partial charge in [0.25, 0.3) is 0 Å². The van der Waals surface area contributed by atoms with Crippen LogP contribution in [0.25, 0.3) is 5.69 Å². The average Bonchev–Trinajstić information content (AvgIpc) is 3.03. The van der Waals surface area contributed by atoms with Gasteiger partial charge in [-0.25, -0.2) is 4.68 Å². The molecule has 2 aromatic carbocycles. The average molecular weight is 399 g/mol. The molecule has 0 saturated carbocycles. The predicted octanol–water partition coefficient (Wildman–Crippen LogP) is 3.86. The molecule has 3 aromatic rings. The summed E-state index contributed by atoms with van der Waals surface area (Å²) < 4.78 is 1.91. The van der Waals surface area contributed by atoms with Crippen LogP contribution in [0.4, 0.5) is 0 Å². The number of hydrogen-bond donors (Lipinski definition) is 2. The highest BCUT2D eigenvalue weighted by Crippen LogP contribution is 2.20. The Hall–Kier alpha value is -2.63. The molecule has 2 unspecified atom stereocenters. The second-order valence-corrected chi connectivity index (χ2v) is 6.91. The van der Waals surface area contributed by atoms with E-state index in [1.54, 1.807) is 0 Å². The van der Waals surface area contributed by atoms with Gasteiger partial charge in [0.1, 0.15) is 0 Å². The molecule has 0 aliphatic carbocycles. The van der Waals surface area contributed by atoms with Gasteiger partial charge in [0, 0.05) is 18.3 Å². The first-order valence-electron chi connectivity index (χ1n) is 9.17. The molecule has 0 aliphatic rings. The van der Waals surface area contributed by atoms with Gasteiger partial charge in [-0.2, -0.15) is 5.10 Å². The third-order valence-electron chi connectivity index (χ3n) is 4.82. The van der Waals surface area contributed by atoms with Crippen molar-refractivity contribution in [2.45, 2.75) is 33.4 Å². The zero-order valence-electron chi connectivity index (χ0n) is 16.4. The van der Waals surface area contributed by atoms with E-state index in [1.165, 1.54) is 0 Å².